The largest absolute Gasteiger partial charge is 0.497 e. The molecule has 0 saturated carbocycles. The fourth-order valence-corrected chi connectivity index (χ4v) is 1.16. The van der Waals surface area contributed by atoms with E-state index < -0.39 is 6.10 Å². The van der Waals surface area contributed by atoms with E-state index >= 15 is 0 Å². The van der Waals surface area contributed by atoms with Crippen molar-refractivity contribution in [1.29, 1.82) is 0 Å². The van der Waals surface area contributed by atoms with E-state index in [2.05, 4.69) is 10.9 Å². The van der Waals surface area contributed by atoms with Gasteiger partial charge in [0.2, 0.25) is 0 Å². The third-order valence-electron chi connectivity index (χ3n) is 2.00. The van der Waals surface area contributed by atoms with Gasteiger partial charge < -0.3 is 14.6 Å². The zero-order valence-electron chi connectivity index (χ0n) is 9.56. The molecule has 1 atom stereocenters. The molecule has 1 aromatic rings. The quantitative estimate of drug-likeness (QED) is 0.578. The summed E-state index contributed by atoms with van der Waals surface area (Å²) >= 11 is 0. The van der Waals surface area contributed by atoms with E-state index in [1.165, 1.54) is 0 Å². The summed E-state index contributed by atoms with van der Waals surface area (Å²) in [6.07, 6.45) is -0.557. The summed E-state index contributed by atoms with van der Waals surface area (Å²) in [6, 6.07) is 7.28. The lowest BCUT2D eigenvalue weighted by Gasteiger charge is -2.13. The van der Waals surface area contributed by atoms with Gasteiger partial charge in [0, 0.05) is 12.6 Å². The van der Waals surface area contributed by atoms with Gasteiger partial charge in [-0.2, -0.15) is 0 Å². The molecule has 0 aromatic heterocycles. The highest BCUT2D eigenvalue weighted by molar-refractivity contribution is 5.32. The molecule has 90 valence electrons. The summed E-state index contributed by atoms with van der Waals surface area (Å²) in [7, 11) is 3.35. The van der Waals surface area contributed by atoms with E-state index in [1.807, 2.05) is 18.2 Å². The van der Waals surface area contributed by atoms with Crippen molar-refractivity contribution in [2.75, 3.05) is 27.3 Å². The number of ether oxygens (including phenoxy) is 2. The standard InChI is InChI=1S/C11H18N2O3/c1-12-13-7-9(14)8-16-11-5-3-4-10(6-11)15-2/h3-6,9,12-14H,7-8H2,1-2H3. The Balaban J connectivity index is 2.35. The zero-order chi connectivity index (χ0) is 11.8. The lowest BCUT2D eigenvalue weighted by atomic mass is 10.3. The Labute approximate surface area is 95.3 Å². The first-order valence-electron chi connectivity index (χ1n) is 5.10. The highest BCUT2D eigenvalue weighted by Crippen LogP contribution is 2.18. The third kappa shape index (κ3) is 4.48. The van der Waals surface area contributed by atoms with Crippen LogP contribution in [-0.4, -0.2) is 38.5 Å². The molecule has 0 heterocycles. The van der Waals surface area contributed by atoms with E-state index in [4.69, 9.17) is 9.47 Å². The van der Waals surface area contributed by atoms with Crippen LogP contribution < -0.4 is 20.3 Å². The van der Waals surface area contributed by atoms with E-state index in [0.29, 0.717) is 12.3 Å². The average molecular weight is 226 g/mol. The number of hydrogen-bond acceptors (Lipinski definition) is 5. The fourth-order valence-electron chi connectivity index (χ4n) is 1.16. The van der Waals surface area contributed by atoms with Crippen molar-refractivity contribution in [2.24, 2.45) is 0 Å². The molecule has 1 unspecified atom stereocenters. The molecular formula is C11H18N2O3. The maximum Gasteiger partial charge on any atom is 0.123 e. The van der Waals surface area contributed by atoms with Gasteiger partial charge in [0.15, 0.2) is 0 Å². The van der Waals surface area contributed by atoms with Crippen molar-refractivity contribution >= 4 is 0 Å². The second-order valence-corrected chi connectivity index (χ2v) is 3.27. The van der Waals surface area contributed by atoms with Crippen molar-refractivity contribution in [3.63, 3.8) is 0 Å². The Bertz CT molecular complexity index is 307. The Kier molecular flexibility index (Phi) is 5.63. The molecular weight excluding hydrogens is 208 g/mol. The molecule has 0 bridgehead atoms. The lowest BCUT2D eigenvalue weighted by molar-refractivity contribution is 0.104. The SMILES string of the molecule is CNNCC(O)COc1cccc(OC)c1. The van der Waals surface area contributed by atoms with E-state index in [-0.39, 0.29) is 6.61 Å². The van der Waals surface area contributed by atoms with Crippen LogP contribution in [0.4, 0.5) is 0 Å². The van der Waals surface area contributed by atoms with Crippen LogP contribution in [0.5, 0.6) is 11.5 Å². The minimum Gasteiger partial charge on any atom is -0.497 e. The van der Waals surface area contributed by atoms with Crippen molar-refractivity contribution in [3.8, 4) is 11.5 Å². The first-order valence-corrected chi connectivity index (χ1v) is 5.10. The van der Waals surface area contributed by atoms with E-state index in [0.717, 1.165) is 5.75 Å². The monoisotopic (exact) mass is 226 g/mol. The number of benzene rings is 1. The topological polar surface area (TPSA) is 62.8 Å². The second kappa shape index (κ2) is 7.05. The molecule has 0 saturated heterocycles. The molecule has 5 heteroatoms. The Hall–Kier alpha value is -1.30. The molecule has 0 fully saturated rings. The van der Waals surface area contributed by atoms with Gasteiger partial charge in [-0.25, -0.2) is 0 Å². The molecule has 1 aromatic carbocycles. The van der Waals surface area contributed by atoms with Gasteiger partial charge >= 0.3 is 0 Å². The molecule has 3 N–H and O–H groups in total. The predicted octanol–water partition coefficient (Wildman–Crippen LogP) is 0.159. The Morgan fingerprint density at radius 3 is 2.81 bits per heavy atom. The molecule has 0 radical (unpaired) electrons. The molecule has 16 heavy (non-hydrogen) atoms. The smallest absolute Gasteiger partial charge is 0.123 e. The molecule has 0 aliphatic heterocycles. The van der Waals surface area contributed by atoms with Crippen LogP contribution in [0.25, 0.3) is 0 Å². The van der Waals surface area contributed by atoms with Crippen LogP contribution in [0.2, 0.25) is 0 Å². The van der Waals surface area contributed by atoms with Crippen LogP contribution in [0.15, 0.2) is 24.3 Å². The number of rotatable bonds is 7. The number of hydrogen-bond donors (Lipinski definition) is 3. The molecule has 0 aliphatic carbocycles. The Morgan fingerprint density at radius 1 is 1.38 bits per heavy atom. The fraction of sp³-hybridized carbons (Fsp3) is 0.455. The predicted molar refractivity (Wildman–Crippen MR) is 61.6 cm³/mol. The van der Waals surface area contributed by atoms with Crippen molar-refractivity contribution < 1.29 is 14.6 Å². The number of aliphatic hydroxyl groups excluding tert-OH is 1. The van der Waals surface area contributed by atoms with Crippen LogP contribution in [0.3, 0.4) is 0 Å². The van der Waals surface area contributed by atoms with Crippen molar-refractivity contribution in [1.82, 2.24) is 10.9 Å². The first-order chi connectivity index (χ1) is 7.76. The lowest BCUT2D eigenvalue weighted by Crippen LogP contribution is -2.37. The normalized spacial score (nSPS) is 12.2. The molecule has 5 nitrogen and oxygen atoms in total. The summed E-state index contributed by atoms with van der Waals surface area (Å²) in [6.45, 7) is 0.669. The first kappa shape index (κ1) is 12.8. The van der Waals surface area contributed by atoms with Gasteiger partial charge in [-0.15, -0.1) is 0 Å². The maximum atomic E-state index is 9.51. The summed E-state index contributed by atoms with van der Waals surface area (Å²) in [5.41, 5.74) is 5.53. The number of aliphatic hydroxyl groups is 1. The maximum absolute atomic E-state index is 9.51. The summed E-state index contributed by atoms with van der Waals surface area (Å²) in [5, 5.41) is 9.51. The van der Waals surface area contributed by atoms with Crippen LogP contribution >= 0.6 is 0 Å². The Morgan fingerprint density at radius 2 is 2.12 bits per heavy atom. The van der Waals surface area contributed by atoms with E-state index in [9.17, 15) is 5.11 Å². The number of methoxy groups -OCH3 is 1. The van der Waals surface area contributed by atoms with Crippen LogP contribution in [0.1, 0.15) is 0 Å². The molecule has 0 aliphatic rings. The summed E-state index contributed by atoms with van der Waals surface area (Å²) < 4.78 is 10.5. The molecule has 0 spiro atoms. The molecule has 1 rings (SSSR count). The summed E-state index contributed by atoms with van der Waals surface area (Å²) in [4.78, 5) is 0. The zero-order valence-corrected chi connectivity index (χ0v) is 9.56. The van der Waals surface area contributed by atoms with Gasteiger partial charge in [0.05, 0.1) is 7.11 Å². The molecule has 0 amide bonds. The minimum atomic E-state index is -0.557. The second-order valence-electron chi connectivity index (χ2n) is 3.27. The third-order valence-corrected chi connectivity index (χ3v) is 2.00. The van der Waals surface area contributed by atoms with Gasteiger partial charge in [-0.05, 0) is 19.2 Å². The van der Waals surface area contributed by atoms with Gasteiger partial charge in [-0.3, -0.25) is 10.9 Å². The van der Waals surface area contributed by atoms with E-state index in [1.54, 1.807) is 20.2 Å². The number of nitrogens with one attached hydrogen (secondary N) is 2. The van der Waals surface area contributed by atoms with Gasteiger partial charge in [0.25, 0.3) is 0 Å². The van der Waals surface area contributed by atoms with Crippen LogP contribution in [-0.2, 0) is 0 Å². The van der Waals surface area contributed by atoms with Gasteiger partial charge in [-0.1, -0.05) is 6.07 Å². The summed E-state index contributed by atoms with van der Waals surface area (Å²) in [5.74, 6) is 1.42. The minimum absolute atomic E-state index is 0.238. The van der Waals surface area contributed by atoms with Gasteiger partial charge in [0.1, 0.15) is 24.2 Å². The highest BCUT2D eigenvalue weighted by Gasteiger charge is 2.04. The number of hydrazine groups is 1. The van der Waals surface area contributed by atoms with Crippen LogP contribution in [0, 0.1) is 0 Å². The van der Waals surface area contributed by atoms with Crippen molar-refractivity contribution in [2.45, 2.75) is 6.10 Å². The average Bonchev–Trinajstić information content (AvgIpc) is 2.34. The highest BCUT2D eigenvalue weighted by atomic mass is 16.5. The van der Waals surface area contributed by atoms with Crippen molar-refractivity contribution in [3.05, 3.63) is 24.3 Å².